The number of ether oxygens (including phenoxy) is 3. The third-order valence-electron chi connectivity index (χ3n) is 4.19. The fraction of sp³-hybridized carbons (Fsp3) is 0.182. The number of methoxy groups -OCH3 is 2. The molecule has 0 amide bonds. The van der Waals surface area contributed by atoms with Crippen LogP contribution in [-0.4, -0.2) is 14.2 Å². The van der Waals surface area contributed by atoms with Crippen molar-refractivity contribution in [3.05, 3.63) is 81.8 Å². The lowest BCUT2D eigenvalue weighted by atomic mass is 10.1. The molecule has 3 rings (SSSR count). The second-order valence-corrected chi connectivity index (χ2v) is 6.91. The van der Waals surface area contributed by atoms with Gasteiger partial charge in [-0.3, -0.25) is 0 Å². The van der Waals surface area contributed by atoms with Crippen LogP contribution in [0.4, 0.5) is 5.69 Å². The summed E-state index contributed by atoms with van der Waals surface area (Å²) in [6.45, 7) is 0.938. The van der Waals surface area contributed by atoms with E-state index in [-0.39, 0.29) is 0 Å². The zero-order valence-corrected chi connectivity index (χ0v) is 17.2. The Morgan fingerprint density at radius 3 is 2.36 bits per heavy atom. The first-order chi connectivity index (χ1) is 13.6. The number of hydrogen-bond donors (Lipinski definition) is 1. The minimum Gasteiger partial charge on any atom is -0.495 e. The zero-order chi connectivity index (χ0) is 19.9. The zero-order valence-electron chi connectivity index (χ0n) is 15.7. The molecule has 28 heavy (non-hydrogen) atoms. The molecule has 0 atom stereocenters. The average Bonchev–Trinajstić information content (AvgIpc) is 2.71. The Hall–Kier alpha value is -2.56. The Morgan fingerprint density at radius 1 is 0.857 bits per heavy atom. The molecule has 4 nitrogen and oxygen atoms in total. The third-order valence-corrected chi connectivity index (χ3v) is 4.72. The Kier molecular flexibility index (Phi) is 6.90. The summed E-state index contributed by atoms with van der Waals surface area (Å²) >= 11 is 12.3. The van der Waals surface area contributed by atoms with Gasteiger partial charge in [0.2, 0.25) is 0 Å². The van der Waals surface area contributed by atoms with E-state index in [2.05, 4.69) is 5.32 Å². The second kappa shape index (κ2) is 9.58. The lowest BCUT2D eigenvalue weighted by Gasteiger charge is -2.16. The van der Waals surface area contributed by atoms with Gasteiger partial charge in [-0.1, -0.05) is 47.5 Å². The first kappa shape index (κ1) is 20.2. The lowest BCUT2D eigenvalue weighted by molar-refractivity contribution is 0.281. The Balaban J connectivity index is 1.76. The number of nitrogens with one attached hydrogen (secondary N) is 1. The summed E-state index contributed by atoms with van der Waals surface area (Å²) in [6.07, 6.45) is 0. The molecule has 0 radical (unpaired) electrons. The van der Waals surface area contributed by atoms with Gasteiger partial charge in [-0.15, -0.1) is 0 Å². The summed E-state index contributed by atoms with van der Waals surface area (Å²) in [7, 11) is 3.22. The Morgan fingerprint density at radius 2 is 1.64 bits per heavy atom. The van der Waals surface area contributed by atoms with E-state index in [9.17, 15) is 0 Å². The van der Waals surface area contributed by atoms with E-state index in [0.717, 1.165) is 16.8 Å². The topological polar surface area (TPSA) is 39.7 Å². The van der Waals surface area contributed by atoms with Crippen molar-refractivity contribution in [2.24, 2.45) is 0 Å². The summed E-state index contributed by atoms with van der Waals surface area (Å²) in [4.78, 5) is 0. The largest absolute Gasteiger partial charge is 0.495 e. The van der Waals surface area contributed by atoms with E-state index < -0.39 is 0 Å². The first-order valence-electron chi connectivity index (χ1n) is 8.71. The standard InChI is InChI=1S/C22H21Cl2NO3/c1-26-20-10-9-18(12-19(20)24)25-13-16-6-4-8-21(27-2)22(16)28-14-15-5-3-7-17(23)11-15/h3-12,25H,13-14H2,1-2H3. The Labute approximate surface area is 175 Å². The highest BCUT2D eigenvalue weighted by molar-refractivity contribution is 6.32. The van der Waals surface area contributed by atoms with Crippen molar-refractivity contribution >= 4 is 28.9 Å². The first-order valence-corrected chi connectivity index (χ1v) is 9.47. The van der Waals surface area contributed by atoms with Crippen LogP contribution in [0.5, 0.6) is 17.2 Å². The van der Waals surface area contributed by atoms with Gasteiger partial charge in [0.25, 0.3) is 0 Å². The summed E-state index contributed by atoms with van der Waals surface area (Å²) < 4.78 is 16.8. The van der Waals surface area contributed by atoms with Gasteiger partial charge in [0.1, 0.15) is 12.4 Å². The molecule has 0 aliphatic rings. The van der Waals surface area contributed by atoms with Gasteiger partial charge in [-0.05, 0) is 42.0 Å². The van der Waals surface area contributed by atoms with E-state index in [1.54, 1.807) is 14.2 Å². The van der Waals surface area contributed by atoms with Crippen molar-refractivity contribution in [1.82, 2.24) is 0 Å². The van der Waals surface area contributed by atoms with Crippen molar-refractivity contribution in [3.8, 4) is 17.2 Å². The number of halogens is 2. The molecule has 0 saturated heterocycles. The van der Waals surface area contributed by atoms with Crippen LogP contribution in [0, 0.1) is 0 Å². The summed E-state index contributed by atoms with van der Waals surface area (Å²) in [6, 6.07) is 19.0. The number of hydrogen-bond acceptors (Lipinski definition) is 4. The van der Waals surface area contributed by atoms with Crippen molar-refractivity contribution in [2.75, 3.05) is 19.5 Å². The molecular weight excluding hydrogens is 397 g/mol. The van der Waals surface area contributed by atoms with E-state index in [0.29, 0.717) is 40.4 Å². The summed E-state index contributed by atoms with van der Waals surface area (Å²) in [5.41, 5.74) is 2.84. The summed E-state index contributed by atoms with van der Waals surface area (Å²) in [5.74, 6) is 2.00. The third kappa shape index (κ3) is 5.03. The van der Waals surface area contributed by atoms with Crippen molar-refractivity contribution in [2.45, 2.75) is 13.2 Å². The highest BCUT2D eigenvalue weighted by atomic mass is 35.5. The molecule has 0 aliphatic heterocycles. The molecule has 0 aromatic heterocycles. The van der Waals surface area contributed by atoms with Crippen LogP contribution in [-0.2, 0) is 13.2 Å². The molecule has 3 aromatic carbocycles. The van der Waals surface area contributed by atoms with Crippen LogP contribution in [0.2, 0.25) is 10.0 Å². The minimum atomic E-state index is 0.391. The fourth-order valence-electron chi connectivity index (χ4n) is 2.78. The average molecular weight is 418 g/mol. The molecule has 0 fully saturated rings. The predicted molar refractivity (Wildman–Crippen MR) is 114 cm³/mol. The smallest absolute Gasteiger partial charge is 0.166 e. The highest BCUT2D eigenvalue weighted by Crippen LogP contribution is 2.33. The molecule has 0 saturated carbocycles. The van der Waals surface area contributed by atoms with Gasteiger partial charge in [-0.25, -0.2) is 0 Å². The number of benzene rings is 3. The molecule has 146 valence electrons. The van der Waals surface area contributed by atoms with E-state index in [4.69, 9.17) is 37.4 Å². The molecule has 0 bridgehead atoms. The van der Waals surface area contributed by atoms with Crippen LogP contribution in [0.1, 0.15) is 11.1 Å². The predicted octanol–water partition coefficient (Wildman–Crippen LogP) is 6.20. The van der Waals surface area contributed by atoms with Crippen LogP contribution < -0.4 is 19.5 Å². The van der Waals surface area contributed by atoms with Gasteiger partial charge in [-0.2, -0.15) is 0 Å². The van der Waals surface area contributed by atoms with Crippen LogP contribution in [0.15, 0.2) is 60.7 Å². The van der Waals surface area contributed by atoms with E-state index in [1.165, 1.54) is 0 Å². The van der Waals surface area contributed by atoms with Gasteiger partial charge in [0, 0.05) is 22.8 Å². The molecule has 6 heteroatoms. The van der Waals surface area contributed by atoms with Crippen LogP contribution in [0.3, 0.4) is 0 Å². The normalized spacial score (nSPS) is 10.4. The maximum atomic E-state index is 6.20. The molecule has 0 heterocycles. The molecule has 0 unspecified atom stereocenters. The van der Waals surface area contributed by atoms with Crippen LogP contribution in [0.25, 0.3) is 0 Å². The van der Waals surface area contributed by atoms with Gasteiger partial charge in [0.15, 0.2) is 11.5 Å². The lowest BCUT2D eigenvalue weighted by Crippen LogP contribution is -2.05. The molecule has 0 aliphatic carbocycles. The number of para-hydroxylation sites is 1. The second-order valence-electron chi connectivity index (χ2n) is 6.07. The SMILES string of the molecule is COc1ccc(NCc2cccc(OC)c2OCc2cccc(Cl)c2)cc1Cl. The molecule has 3 aromatic rings. The molecule has 0 spiro atoms. The van der Waals surface area contributed by atoms with Gasteiger partial charge < -0.3 is 19.5 Å². The van der Waals surface area contributed by atoms with Crippen molar-refractivity contribution in [3.63, 3.8) is 0 Å². The maximum absolute atomic E-state index is 6.20. The monoisotopic (exact) mass is 417 g/mol. The Bertz CT molecular complexity index is 947. The van der Waals surface area contributed by atoms with E-state index >= 15 is 0 Å². The summed E-state index contributed by atoms with van der Waals surface area (Å²) in [5, 5.41) is 4.59. The molecule has 1 N–H and O–H groups in total. The minimum absolute atomic E-state index is 0.391. The number of rotatable bonds is 8. The molecular formula is C22H21Cl2NO3. The fourth-order valence-corrected chi connectivity index (χ4v) is 3.25. The van der Waals surface area contributed by atoms with Gasteiger partial charge >= 0.3 is 0 Å². The van der Waals surface area contributed by atoms with E-state index in [1.807, 2.05) is 60.7 Å². The van der Waals surface area contributed by atoms with Crippen molar-refractivity contribution in [1.29, 1.82) is 0 Å². The van der Waals surface area contributed by atoms with Crippen LogP contribution >= 0.6 is 23.2 Å². The highest BCUT2D eigenvalue weighted by Gasteiger charge is 2.12. The van der Waals surface area contributed by atoms with Gasteiger partial charge in [0.05, 0.1) is 19.2 Å². The maximum Gasteiger partial charge on any atom is 0.166 e. The number of anilines is 1. The quantitative estimate of drug-likeness (QED) is 0.473. The van der Waals surface area contributed by atoms with Crippen molar-refractivity contribution < 1.29 is 14.2 Å².